The van der Waals surface area contributed by atoms with Crippen LogP contribution in [0, 0.1) is 3.57 Å². The van der Waals surface area contributed by atoms with Gasteiger partial charge in [0.2, 0.25) is 0 Å². The fraction of sp³-hybridized carbons (Fsp3) is 0.333. The predicted molar refractivity (Wildman–Crippen MR) is 54.4 cm³/mol. The Morgan fingerprint density at radius 3 is 3.08 bits per heavy atom. The Bertz CT molecular complexity index is 271. The molecule has 0 saturated carbocycles. The maximum absolute atomic E-state index is 5.48. The van der Waals surface area contributed by atoms with Crippen LogP contribution in [0.2, 0.25) is 0 Å². The molecule has 3 heteroatoms. The third-order valence-electron chi connectivity index (χ3n) is 1.63. The summed E-state index contributed by atoms with van der Waals surface area (Å²) >= 11 is 2.27. The van der Waals surface area contributed by atoms with E-state index in [0.717, 1.165) is 12.4 Å². The monoisotopic (exact) mass is 276 g/mol. The molecule has 1 aromatic rings. The highest BCUT2D eigenvalue weighted by atomic mass is 127. The van der Waals surface area contributed by atoms with Crippen LogP contribution in [-0.2, 0) is 4.74 Å². The van der Waals surface area contributed by atoms with Gasteiger partial charge in [0.25, 0.3) is 0 Å². The van der Waals surface area contributed by atoms with E-state index in [1.54, 1.807) is 0 Å². The minimum atomic E-state index is 0.336. The van der Waals surface area contributed by atoms with Crippen molar-refractivity contribution in [1.29, 1.82) is 0 Å². The molecule has 1 atom stereocenters. The predicted octanol–water partition coefficient (Wildman–Crippen LogP) is 2.07. The summed E-state index contributed by atoms with van der Waals surface area (Å²) in [5, 5.41) is 0. The average Bonchev–Trinajstić information content (AvgIpc) is 2.84. The van der Waals surface area contributed by atoms with E-state index in [0.29, 0.717) is 12.7 Å². The molecule has 0 spiro atoms. The van der Waals surface area contributed by atoms with Crippen molar-refractivity contribution >= 4 is 22.6 Å². The van der Waals surface area contributed by atoms with Crippen LogP contribution < -0.4 is 4.74 Å². The van der Waals surface area contributed by atoms with E-state index in [9.17, 15) is 0 Å². The van der Waals surface area contributed by atoms with Crippen LogP contribution in [-0.4, -0.2) is 19.3 Å². The second kappa shape index (κ2) is 3.62. The molecule has 0 aromatic heterocycles. The zero-order valence-electron chi connectivity index (χ0n) is 6.50. The fourth-order valence-electron chi connectivity index (χ4n) is 0.910. The summed E-state index contributed by atoms with van der Waals surface area (Å²) < 4.78 is 11.7. The SMILES string of the molecule is Ic1cccc(OC[C@H]2CO2)c1. The summed E-state index contributed by atoms with van der Waals surface area (Å²) in [5.41, 5.74) is 0. The van der Waals surface area contributed by atoms with Gasteiger partial charge < -0.3 is 9.47 Å². The minimum Gasteiger partial charge on any atom is -0.491 e. The molecule has 64 valence electrons. The Hall–Kier alpha value is -0.290. The summed E-state index contributed by atoms with van der Waals surface area (Å²) in [6.07, 6.45) is 0.336. The minimum absolute atomic E-state index is 0.336. The first-order chi connectivity index (χ1) is 5.84. The van der Waals surface area contributed by atoms with Crippen LogP contribution in [0.15, 0.2) is 24.3 Å². The Morgan fingerprint density at radius 2 is 2.42 bits per heavy atom. The van der Waals surface area contributed by atoms with E-state index in [1.165, 1.54) is 3.57 Å². The van der Waals surface area contributed by atoms with Crippen molar-refractivity contribution in [2.24, 2.45) is 0 Å². The summed E-state index contributed by atoms with van der Waals surface area (Å²) in [7, 11) is 0. The van der Waals surface area contributed by atoms with Gasteiger partial charge in [-0.1, -0.05) is 6.07 Å². The van der Waals surface area contributed by atoms with Gasteiger partial charge in [-0.3, -0.25) is 0 Å². The maximum Gasteiger partial charge on any atom is 0.120 e. The number of ether oxygens (including phenoxy) is 2. The molecule has 1 aliphatic heterocycles. The first-order valence-corrected chi connectivity index (χ1v) is 4.92. The third kappa shape index (κ3) is 2.35. The number of hydrogen-bond donors (Lipinski definition) is 0. The zero-order chi connectivity index (χ0) is 8.39. The van der Waals surface area contributed by atoms with Crippen molar-refractivity contribution in [2.75, 3.05) is 13.2 Å². The fourth-order valence-corrected chi connectivity index (χ4v) is 1.42. The number of halogens is 1. The highest BCUT2D eigenvalue weighted by Gasteiger charge is 2.22. The lowest BCUT2D eigenvalue weighted by molar-refractivity contribution is 0.263. The molecular formula is C9H9IO2. The Labute approximate surface area is 85.0 Å². The van der Waals surface area contributed by atoms with E-state index in [2.05, 4.69) is 22.6 Å². The van der Waals surface area contributed by atoms with Crippen molar-refractivity contribution < 1.29 is 9.47 Å². The number of epoxide rings is 1. The first kappa shape index (κ1) is 8.31. The van der Waals surface area contributed by atoms with E-state index < -0.39 is 0 Å². The van der Waals surface area contributed by atoms with Gasteiger partial charge in [-0.05, 0) is 40.8 Å². The Kier molecular flexibility index (Phi) is 2.51. The van der Waals surface area contributed by atoms with Crippen molar-refractivity contribution in [2.45, 2.75) is 6.10 Å². The molecule has 0 radical (unpaired) electrons. The molecule has 1 aromatic carbocycles. The van der Waals surface area contributed by atoms with Gasteiger partial charge in [0.05, 0.1) is 6.61 Å². The van der Waals surface area contributed by atoms with E-state index in [-0.39, 0.29) is 0 Å². The summed E-state index contributed by atoms with van der Waals surface area (Å²) in [4.78, 5) is 0. The highest BCUT2D eigenvalue weighted by molar-refractivity contribution is 14.1. The summed E-state index contributed by atoms with van der Waals surface area (Å²) in [6.45, 7) is 1.53. The summed E-state index contributed by atoms with van der Waals surface area (Å²) in [6, 6.07) is 8.01. The number of hydrogen-bond acceptors (Lipinski definition) is 2. The van der Waals surface area contributed by atoms with Crippen LogP contribution in [0.4, 0.5) is 0 Å². The lowest BCUT2D eigenvalue weighted by Crippen LogP contribution is -2.03. The topological polar surface area (TPSA) is 21.8 Å². The van der Waals surface area contributed by atoms with Crippen LogP contribution in [0.5, 0.6) is 5.75 Å². The molecule has 2 nitrogen and oxygen atoms in total. The third-order valence-corrected chi connectivity index (χ3v) is 2.31. The molecule has 0 aliphatic carbocycles. The molecule has 0 unspecified atom stereocenters. The van der Waals surface area contributed by atoms with Crippen molar-refractivity contribution in [1.82, 2.24) is 0 Å². The lowest BCUT2D eigenvalue weighted by Gasteiger charge is -2.03. The average molecular weight is 276 g/mol. The molecule has 2 rings (SSSR count). The molecule has 0 bridgehead atoms. The number of benzene rings is 1. The second-order valence-electron chi connectivity index (χ2n) is 2.72. The highest BCUT2D eigenvalue weighted by Crippen LogP contribution is 2.17. The molecule has 1 heterocycles. The zero-order valence-corrected chi connectivity index (χ0v) is 8.65. The molecular weight excluding hydrogens is 267 g/mol. The lowest BCUT2D eigenvalue weighted by atomic mass is 10.3. The van der Waals surface area contributed by atoms with Crippen LogP contribution in [0.1, 0.15) is 0 Å². The Balaban J connectivity index is 1.92. The largest absolute Gasteiger partial charge is 0.491 e. The Morgan fingerprint density at radius 1 is 1.58 bits per heavy atom. The van der Waals surface area contributed by atoms with Gasteiger partial charge in [-0.2, -0.15) is 0 Å². The van der Waals surface area contributed by atoms with Crippen LogP contribution in [0.25, 0.3) is 0 Å². The van der Waals surface area contributed by atoms with E-state index >= 15 is 0 Å². The van der Waals surface area contributed by atoms with Crippen LogP contribution >= 0.6 is 22.6 Å². The second-order valence-corrected chi connectivity index (χ2v) is 3.97. The van der Waals surface area contributed by atoms with Gasteiger partial charge >= 0.3 is 0 Å². The van der Waals surface area contributed by atoms with Gasteiger partial charge in [-0.25, -0.2) is 0 Å². The van der Waals surface area contributed by atoms with E-state index in [1.807, 2.05) is 24.3 Å². The molecule has 1 saturated heterocycles. The van der Waals surface area contributed by atoms with E-state index in [4.69, 9.17) is 9.47 Å². The van der Waals surface area contributed by atoms with Crippen molar-refractivity contribution in [3.63, 3.8) is 0 Å². The molecule has 0 amide bonds. The molecule has 12 heavy (non-hydrogen) atoms. The first-order valence-electron chi connectivity index (χ1n) is 3.84. The van der Waals surface area contributed by atoms with Gasteiger partial charge in [0, 0.05) is 3.57 Å². The quantitative estimate of drug-likeness (QED) is 0.622. The normalized spacial score (nSPS) is 20.6. The van der Waals surface area contributed by atoms with Crippen LogP contribution in [0.3, 0.4) is 0 Å². The van der Waals surface area contributed by atoms with Gasteiger partial charge in [-0.15, -0.1) is 0 Å². The smallest absolute Gasteiger partial charge is 0.120 e. The standard InChI is InChI=1S/C9H9IO2/c10-7-2-1-3-8(4-7)11-5-9-6-12-9/h1-4,9H,5-6H2/t9-/m0/s1. The van der Waals surface area contributed by atoms with Crippen molar-refractivity contribution in [3.8, 4) is 5.75 Å². The molecule has 1 fully saturated rings. The maximum atomic E-state index is 5.48. The molecule has 0 N–H and O–H groups in total. The molecule has 1 aliphatic rings. The summed E-state index contributed by atoms with van der Waals surface area (Å²) in [5.74, 6) is 0.928. The van der Waals surface area contributed by atoms with Gasteiger partial charge in [0.15, 0.2) is 0 Å². The van der Waals surface area contributed by atoms with Crippen molar-refractivity contribution in [3.05, 3.63) is 27.8 Å². The van der Waals surface area contributed by atoms with Gasteiger partial charge in [0.1, 0.15) is 18.5 Å². The number of rotatable bonds is 3.